The molecule has 0 bridgehead atoms. The van der Waals surface area contributed by atoms with Crippen LogP contribution in [0, 0.1) is 0 Å². The molecule has 0 aliphatic carbocycles. The van der Waals surface area contributed by atoms with Crippen molar-refractivity contribution in [3.8, 4) is 5.75 Å². The van der Waals surface area contributed by atoms with Crippen molar-refractivity contribution in [2.24, 2.45) is 0 Å². The fourth-order valence-electron chi connectivity index (χ4n) is 1.03. The third kappa shape index (κ3) is 3.26. The molecule has 1 atom stereocenters. The van der Waals surface area contributed by atoms with E-state index in [2.05, 4.69) is 21.1 Å². The van der Waals surface area contributed by atoms with E-state index < -0.39 is 23.5 Å². The smallest absolute Gasteiger partial charge is 0.444 e. The lowest BCUT2D eigenvalue weighted by Crippen LogP contribution is -2.33. The molecule has 0 aliphatic rings. The Bertz CT molecular complexity index is 410. The van der Waals surface area contributed by atoms with Crippen molar-refractivity contribution in [3.05, 3.63) is 29.8 Å². The fourth-order valence-corrected chi connectivity index (χ4v) is 1.07. The van der Waals surface area contributed by atoms with E-state index in [9.17, 15) is 18.0 Å². The molecular weight excluding hydrogens is 261 g/mol. The highest BCUT2D eigenvalue weighted by Gasteiger charge is 2.42. The van der Waals surface area contributed by atoms with Gasteiger partial charge >= 0.3 is 12.1 Å². The van der Waals surface area contributed by atoms with E-state index in [-0.39, 0.29) is 5.56 Å². The summed E-state index contributed by atoms with van der Waals surface area (Å²) in [5, 5.41) is 0. The molecule has 1 aromatic rings. The van der Waals surface area contributed by atoms with Gasteiger partial charge in [0, 0.05) is 0 Å². The molecule has 1 unspecified atom stereocenters. The van der Waals surface area contributed by atoms with E-state index in [1.165, 1.54) is 18.2 Å². The minimum Gasteiger partial charge on any atom is -0.465 e. The van der Waals surface area contributed by atoms with Gasteiger partial charge in [-0.15, -0.1) is 0 Å². The molecule has 17 heavy (non-hydrogen) atoms. The largest absolute Gasteiger partial charge is 0.465 e. The Balaban J connectivity index is 3.03. The molecule has 0 amide bonds. The van der Waals surface area contributed by atoms with Crippen LogP contribution in [-0.4, -0.2) is 24.8 Å². The zero-order valence-electron chi connectivity index (χ0n) is 8.62. The van der Waals surface area contributed by atoms with E-state index in [4.69, 9.17) is 0 Å². The van der Waals surface area contributed by atoms with E-state index in [0.29, 0.717) is 0 Å². The zero-order chi connectivity index (χ0) is 13.1. The molecule has 0 saturated carbocycles. The number of ether oxygens (including phenoxy) is 2. The summed E-state index contributed by atoms with van der Waals surface area (Å²) in [7, 11) is 1.08. The summed E-state index contributed by atoms with van der Waals surface area (Å²) in [6, 6.07) is 5.06. The Morgan fingerprint density at radius 2 is 2.00 bits per heavy atom. The molecular formula is C10H8ClF3O3. The van der Waals surface area contributed by atoms with Crippen LogP contribution in [0.1, 0.15) is 10.4 Å². The highest BCUT2D eigenvalue weighted by molar-refractivity contribution is 6.20. The summed E-state index contributed by atoms with van der Waals surface area (Å²) in [6.45, 7) is 0. The molecule has 0 fully saturated rings. The monoisotopic (exact) mass is 268 g/mol. The molecule has 0 aliphatic heterocycles. The lowest BCUT2D eigenvalue weighted by atomic mass is 10.2. The van der Waals surface area contributed by atoms with Crippen LogP contribution in [0.3, 0.4) is 0 Å². The van der Waals surface area contributed by atoms with Gasteiger partial charge < -0.3 is 9.47 Å². The molecule has 0 heterocycles. The normalized spacial score (nSPS) is 13.0. The summed E-state index contributed by atoms with van der Waals surface area (Å²) in [5.74, 6) is -1.38. The van der Waals surface area contributed by atoms with Gasteiger partial charge in [-0.05, 0) is 12.1 Å². The average molecular weight is 269 g/mol. The Morgan fingerprint density at radius 3 is 2.53 bits per heavy atom. The second-order valence-electron chi connectivity index (χ2n) is 2.95. The van der Waals surface area contributed by atoms with E-state index in [1.807, 2.05) is 0 Å². The number of carbonyl (C=O) groups is 1. The predicted molar refractivity (Wildman–Crippen MR) is 54.1 cm³/mol. The minimum absolute atomic E-state index is 0.244. The topological polar surface area (TPSA) is 35.5 Å². The first-order valence-corrected chi connectivity index (χ1v) is 4.84. The van der Waals surface area contributed by atoms with E-state index in [1.54, 1.807) is 0 Å². The number of esters is 1. The Kier molecular flexibility index (Phi) is 4.22. The standard InChI is InChI=1S/C10H8ClF3O3/c1-16-8(15)6-4-2-3-5-7(6)17-10(13,14)9(11)12/h2-5,9H,1H3. The van der Waals surface area contributed by atoms with Crippen LogP contribution in [0.2, 0.25) is 0 Å². The van der Waals surface area contributed by atoms with Gasteiger partial charge in [0.2, 0.25) is 0 Å². The number of rotatable bonds is 4. The molecule has 7 heteroatoms. The SMILES string of the molecule is COC(=O)c1ccccc1OC(F)(F)C(F)Cl. The van der Waals surface area contributed by atoms with Crippen LogP contribution < -0.4 is 4.74 Å². The minimum atomic E-state index is -4.23. The van der Waals surface area contributed by atoms with Crippen molar-refractivity contribution < 1.29 is 27.4 Å². The Hall–Kier alpha value is -1.43. The van der Waals surface area contributed by atoms with Gasteiger partial charge in [0.1, 0.15) is 11.3 Å². The first kappa shape index (κ1) is 13.6. The summed E-state index contributed by atoms with van der Waals surface area (Å²) in [4.78, 5) is 11.2. The lowest BCUT2D eigenvalue weighted by Gasteiger charge is -2.19. The van der Waals surface area contributed by atoms with Gasteiger partial charge in [-0.3, -0.25) is 0 Å². The van der Waals surface area contributed by atoms with Crippen LogP contribution in [0.25, 0.3) is 0 Å². The highest BCUT2D eigenvalue weighted by atomic mass is 35.5. The molecule has 0 saturated heterocycles. The van der Waals surface area contributed by atoms with Gasteiger partial charge in [-0.2, -0.15) is 8.78 Å². The summed E-state index contributed by atoms with van der Waals surface area (Å²) in [6.07, 6.45) is -4.23. The lowest BCUT2D eigenvalue weighted by molar-refractivity contribution is -0.199. The number of carbonyl (C=O) groups excluding carboxylic acids is 1. The summed E-state index contributed by atoms with van der Waals surface area (Å²) >= 11 is 4.63. The van der Waals surface area contributed by atoms with Crippen LogP contribution in [0.5, 0.6) is 5.75 Å². The molecule has 1 aromatic carbocycles. The van der Waals surface area contributed by atoms with Crippen molar-refractivity contribution in [2.45, 2.75) is 11.7 Å². The second kappa shape index (κ2) is 5.27. The van der Waals surface area contributed by atoms with Crippen molar-refractivity contribution in [1.82, 2.24) is 0 Å². The molecule has 1 rings (SSSR count). The first-order chi connectivity index (χ1) is 7.88. The van der Waals surface area contributed by atoms with Crippen molar-refractivity contribution in [3.63, 3.8) is 0 Å². The average Bonchev–Trinajstić information content (AvgIpc) is 2.28. The molecule has 0 N–H and O–H groups in total. The van der Waals surface area contributed by atoms with Gasteiger partial charge in [-0.1, -0.05) is 23.7 Å². The molecule has 0 spiro atoms. The molecule has 0 radical (unpaired) electrons. The number of hydrogen-bond acceptors (Lipinski definition) is 3. The van der Waals surface area contributed by atoms with Crippen molar-refractivity contribution in [2.75, 3.05) is 7.11 Å². The third-order valence-electron chi connectivity index (χ3n) is 1.79. The summed E-state index contributed by atoms with van der Waals surface area (Å²) < 4.78 is 46.6. The van der Waals surface area contributed by atoms with Crippen LogP contribution in [0.4, 0.5) is 13.2 Å². The second-order valence-corrected chi connectivity index (χ2v) is 3.34. The third-order valence-corrected chi connectivity index (χ3v) is 2.05. The first-order valence-electron chi connectivity index (χ1n) is 4.41. The number of benzene rings is 1. The molecule has 94 valence electrons. The molecule has 3 nitrogen and oxygen atoms in total. The number of alkyl halides is 4. The maximum atomic E-state index is 12.9. The Labute approximate surface area is 100 Å². The Morgan fingerprint density at radius 1 is 1.41 bits per heavy atom. The zero-order valence-corrected chi connectivity index (χ0v) is 9.38. The number of para-hydroxylation sites is 1. The van der Waals surface area contributed by atoms with Crippen LogP contribution in [-0.2, 0) is 4.74 Å². The predicted octanol–water partition coefficient (Wildman–Crippen LogP) is 2.98. The molecule has 0 aromatic heterocycles. The number of halogens is 4. The highest BCUT2D eigenvalue weighted by Crippen LogP contribution is 2.30. The maximum Gasteiger partial charge on any atom is 0.444 e. The summed E-state index contributed by atoms with van der Waals surface area (Å²) in [5.41, 5.74) is -3.26. The van der Waals surface area contributed by atoms with Crippen LogP contribution >= 0.6 is 11.6 Å². The van der Waals surface area contributed by atoms with Gasteiger partial charge in [0.25, 0.3) is 5.63 Å². The number of hydrogen-bond donors (Lipinski definition) is 0. The van der Waals surface area contributed by atoms with Gasteiger partial charge in [-0.25, -0.2) is 9.18 Å². The quantitative estimate of drug-likeness (QED) is 0.622. The van der Waals surface area contributed by atoms with Gasteiger partial charge in [0.15, 0.2) is 0 Å². The number of methoxy groups -OCH3 is 1. The van der Waals surface area contributed by atoms with Gasteiger partial charge in [0.05, 0.1) is 7.11 Å². The van der Waals surface area contributed by atoms with Crippen molar-refractivity contribution in [1.29, 1.82) is 0 Å². The van der Waals surface area contributed by atoms with Crippen LogP contribution in [0.15, 0.2) is 24.3 Å². The maximum absolute atomic E-state index is 12.9. The van der Waals surface area contributed by atoms with E-state index in [0.717, 1.165) is 13.2 Å². The van der Waals surface area contributed by atoms with Crippen molar-refractivity contribution >= 4 is 17.6 Å². The fraction of sp³-hybridized carbons (Fsp3) is 0.300. The van der Waals surface area contributed by atoms with E-state index >= 15 is 0 Å².